The molecule has 0 radical (unpaired) electrons. The number of hydrogen-bond acceptors (Lipinski definition) is 16. The zero-order valence-corrected chi connectivity index (χ0v) is 21.8. The molecule has 234 valence electrons. The molecule has 16 nitrogen and oxygen atoms in total. The maximum Gasteiger partial charge on any atom is 0.187 e. The highest BCUT2D eigenvalue weighted by Gasteiger charge is 2.52. The molecule has 0 saturated carbocycles. The Hall–Kier alpha value is -1.42. The Labute approximate surface area is 234 Å². The minimum Gasteiger partial charge on any atom is -0.394 e. The van der Waals surface area contributed by atoms with Gasteiger partial charge in [0.05, 0.1) is 26.4 Å². The largest absolute Gasteiger partial charge is 0.394 e. The van der Waals surface area contributed by atoms with Gasteiger partial charge in [-0.2, -0.15) is 0 Å². The Balaban J connectivity index is 1.49. The van der Waals surface area contributed by atoms with Gasteiger partial charge in [0.25, 0.3) is 0 Å². The third-order valence-corrected chi connectivity index (χ3v) is 7.31. The number of aliphatic hydroxyl groups is 10. The van der Waals surface area contributed by atoms with Crippen LogP contribution >= 0.6 is 0 Å². The summed E-state index contributed by atoms with van der Waals surface area (Å²) >= 11 is 0. The molecule has 0 bridgehead atoms. The first kappa shape index (κ1) is 32.5. The van der Waals surface area contributed by atoms with E-state index >= 15 is 0 Å². The van der Waals surface area contributed by atoms with Crippen molar-refractivity contribution in [1.82, 2.24) is 0 Å². The molecule has 15 atom stereocenters. The van der Waals surface area contributed by atoms with Gasteiger partial charge >= 0.3 is 0 Å². The molecule has 3 aliphatic heterocycles. The van der Waals surface area contributed by atoms with E-state index in [1.807, 2.05) is 0 Å². The molecule has 3 aliphatic rings. The van der Waals surface area contributed by atoms with Crippen LogP contribution in [0.15, 0.2) is 30.3 Å². The van der Waals surface area contributed by atoms with Gasteiger partial charge < -0.3 is 79.5 Å². The summed E-state index contributed by atoms with van der Waals surface area (Å²) in [6.07, 6.45) is -24.0. The van der Waals surface area contributed by atoms with Crippen LogP contribution in [-0.4, -0.2) is 163 Å². The third-order valence-electron chi connectivity index (χ3n) is 7.31. The van der Waals surface area contributed by atoms with E-state index in [1.165, 1.54) is 0 Å². The molecule has 0 amide bonds. The summed E-state index contributed by atoms with van der Waals surface area (Å²) in [6, 6.07) is 8.84. The van der Waals surface area contributed by atoms with Gasteiger partial charge in [0, 0.05) is 0 Å². The van der Waals surface area contributed by atoms with Crippen LogP contribution in [0.2, 0.25) is 0 Å². The van der Waals surface area contributed by atoms with E-state index in [0.29, 0.717) is 0 Å². The quantitative estimate of drug-likeness (QED) is 0.121. The molecular weight excluding hydrogens is 556 g/mol. The predicted molar refractivity (Wildman–Crippen MR) is 130 cm³/mol. The number of rotatable bonds is 10. The maximum atomic E-state index is 11.1. The molecule has 0 aromatic heterocycles. The third kappa shape index (κ3) is 7.22. The molecule has 1 aromatic carbocycles. The van der Waals surface area contributed by atoms with E-state index in [9.17, 15) is 51.1 Å². The van der Waals surface area contributed by atoms with Crippen molar-refractivity contribution >= 4 is 0 Å². The van der Waals surface area contributed by atoms with Crippen LogP contribution in [0.3, 0.4) is 0 Å². The van der Waals surface area contributed by atoms with Crippen molar-refractivity contribution in [2.24, 2.45) is 0 Å². The van der Waals surface area contributed by atoms with Crippen LogP contribution < -0.4 is 0 Å². The fraction of sp³-hybridized carbons (Fsp3) is 0.760. The van der Waals surface area contributed by atoms with Gasteiger partial charge in [-0.3, -0.25) is 0 Å². The lowest BCUT2D eigenvalue weighted by Gasteiger charge is -2.46. The first-order valence-electron chi connectivity index (χ1n) is 13.1. The highest BCUT2D eigenvalue weighted by atomic mass is 16.7. The highest BCUT2D eigenvalue weighted by Crippen LogP contribution is 2.31. The van der Waals surface area contributed by atoms with Crippen molar-refractivity contribution in [3.63, 3.8) is 0 Å². The van der Waals surface area contributed by atoms with Crippen molar-refractivity contribution in [1.29, 1.82) is 0 Å². The van der Waals surface area contributed by atoms with Crippen molar-refractivity contribution in [2.45, 2.75) is 98.7 Å². The van der Waals surface area contributed by atoms with Gasteiger partial charge in [-0.1, -0.05) is 30.3 Å². The summed E-state index contributed by atoms with van der Waals surface area (Å²) < 4.78 is 33.3. The van der Waals surface area contributed by atoms with Crippen LogP contribution in [0.1, 0.15) is 5.56 Å². The molecule has 0 aliphatic carbocycles. The second kappa shape index (κ2) is 14.4. The van der Waals surface area contributed by atoms with E-state index in [0.717, 1.165) is 5.56 Å². The Kier molecular flexibility index (Phi) is 11.4. The average Bonchev–Trinajstić information content (AvgIpc) is 2.98. The molecule has 10 N–H and O–H groups in total. The number of benzene rings is 1. The summed E-state index contributed by atoms with van der Waals surface area (Å²) in [5.74, 6) is 0. The summed E-state index contributed by atoms with van der Waals surface area (Å²) in [4.78, 5) is 0. The highest BCUT2D eigenvalue weighted by molar-refractivity contribution is 5.13. The van der Waals surface area contributed by atoms with Gasteiger partial charge in [0.2, 0.25) is 0 Å². The van der Waals surface area contributed by atoms with E-state index in [4.69, 9.17) is 28.4 Å². The molecule has 16 heteroatoms. The normalized spacial score (nSPS) is 45.5. The number of aliphatic hydroxyl groups excluding tert-OH is 10. The lowest BCUT2D eigenvalue weighted by atomic mass is 9.96. The minimum absolute atomic E-state index is 0.0360. The minimum atomic E-state index is -1.83. The maximum absolute atomic E-state index is 11.1. The van der Waals surface area contributed by atoms with Crippen LogP contribution in [0.5, 0.6) is 0 Å². The lowest BCUT2D eigenvalue weighted by Crippen LogP contribution is -2.65. The Morgan fingerprint density at radius 2 is 1.05 bits per heavy atom. The summed E-state index contributed by atoms with van der Waals surface area (Å²) in [7, 11) is 0. The number of ether oxygens (including phenoxy) is 6. The topological polar surface area (TPSA) is 258 Å². The van der Waals surface area contributed by atoms with E-state index in [-0.39, 0.29) is 6.61 Å². The Morgan fingerprint density at radius 3 is 1.63 bits per heavy atom. The zero-order chi connectivity index (χ0) is 29.8. The molecule has 1 aromatic rings. The molecule has 3 saturated heterocycles. The van der Waals surface area contributed by atoms with Gasteiger partial charge in [-0.25, -0.2) is 0 Å². The second-order valence-corrected chi connectivity index (χ2v) is 10.1. The SMILES string of the molecule is OC[C@H]1O[C@@H](OC[C@H]2O[C@H](OCc3ccccc3)[C@@H](O)[C@@H](O[C@@H]3O[C@H](CO)[C@@H](O)[C@H](O)[C@@H]3O)[C@@H]2O)[C@@H](O)[C@@H](O)[C@@H]1O. The summed E-state index contributed by atoms with van der Waals surface area (Å²) in [6.45, 7) is -2.01. The van der Waals surface area contributed by atoms with E-state index in [2.05, 4.69) is 0 Å². The first-order chi connectivity index (χ1) is 19.6. The van der Waals surface area contributed by atoms with Crippen LogP contribution in [0.25, 0.3) is 0 Å². The first-order valence-corrected chi connectivity index (χ1v) is 13.1. The van der Waals surface area contributed by atoms with Crippen molar-refractivity contribution in [3.05, 3.63) is 35.9 Å². The smallest absolute Gasteiger partial charge is 0.187 e. The Bertz CT molecular complexity index is 922. The van der Waals surface area contributed by atoms with Crippen LogP contribution in [0.4, 0.5) is 0 Å². The van der Waals surface area contributed by atoms with Crippen LogP contribution in [-0.2, 0) is 35.0 Å². The number of hydrogen-bond donors (Lipinski definition) is 10. The van der Waals surface area contributed by atoms with Crippen molar-refractivity contribution in [3.8, 4) is 0 Å². The standard InChI is InChI=1S/C25H38O16/c26-6-11-14(28)17(31)19(33)23(38-11)37-9-13-16(30)22(41-25-20(34)18(32)15(29)12(7-27)39-25)21(35)24(40-13)36-8-10-4-2-1-3-5-10/h1-5,11-35H,6-9H2/t11-,12-,13-,14-,15-,16-,17+,18+,19+,20+,21+,22+,23-,24+,25+/m1/s1. The predicted octanol–water partition coefficient (Wildman–Crippen LogP) is -5.35. The van der Waals surface area contributed by atoms with Gasteiger partial charge in [0.15, 0.2) is 18.9 Å². The summed E-state index contributed by atoms with van der Waals surface area (Å²) in [5, 5.41) is 102. The fourth-order valence-electron chi connectivity index (χ4n) is 4.82. The molecule has 0 spiro atoms. The monoisotopic (exact) mass is 594 g/mol. The molecular formula is C25H38O16. The van der Waals surface area contributed by atoms with Gasteiger partial charge in [-0.05, 0) is 5.56 Å². The molecule has 0 unspecified atom stereocenters. The van der Waals surface area contributed by atoms with Crippen molar-refractivity contribution < 1.29 is 79.5 Å². The van der Waals surface area contributed by atoms with E-state index in [1.54, 1.807) is 30.3 Å². The molecule has 3 fully saturated rings. The van der Waals surface area contributed by atoms with Gasteiger partial charge in [-0.15, -0.1) is 0 Å². The Morgan fingerprint density at radius 1 is 0.537 bits per heavy atom. The zero-order valence-electron chi connectivity index (χ0n) is 21.8. The summed E-state index contributed by atoms with van der Waals surface area (Å²) in [5.41, 5.74) is 0.718. The molecule has 4 rings (SSSR count). The van der Waals surface area contributed by atoms with Gasteiger partial charge in [0.1, 0.15) is 73.2 Å². The van der Waals surface area contributed by atoms with Crippen molar-refractivity contribution in [2.75, 3.05) is 19.8 Å². The molecule has 3 heterocycles. The molecule has 41 heavy (non-hydrogen) atoms. The second-order valence-electron chi connectivity index (χ2n) is 10.1. The fourth-order valence-corrected chi connectivity index (χ4v) is 4.82. The van der Waals surface area contributed by atoms with E-state index < -0.39 is 112 Å². The van der Waals surface area contributed by atoms with Crippen LogP contribution in [0, 0.1) is 0 Å². The average molecular weight is 595 g/mol. The lowest BCUT2D eigenvalue weighted by molar-refractivity contribution is -0.367.